The maximum absolute atomic E-state index is 8.82. The van der Waals surface area contributed by atoms with Gasteiger partial charge >= 0.3 is 0 Å². The Hall–Kier alpha value is -1.60. The van der Waals surface area contributed by atoms with Gasteiger partial charge in [0.2, 0.25) is 0 Å². The van der Waals surface area contributed by atoms with Crippen LogP contribution in [0.25, 0.3) is 0 Å². The molecule has 1 nitrogen and oxygen atoms in total. The van der Waals surface area contributed by atoms with Gasteiger partial charge in [0.25, 0.3) is 0 Å². The van der Waals surface area contributed by atoms with E-state index in [4.69, 9.17) is 5.11 Å². The molecule has 0 aliphatic rings. The summed E-state index contributed by atoms with van der Waals surface area (Å²) in [6, 6.07) is 19.6. The molecule has 2 rings (SSSR count). The van der Waals surface area contributed by atoms with E-state index in [-0.39, 0.29) is 6.61 Å². The minimum Gasteiger partial charge on any atom is -0.396 e. The number of rotatable bonds is 4. The van der Waals surface area contributed by atoms with Gasteiger partial charge in [-0.15, -0.1) is 0 Å². The first-order valence-corrected chi connectivity index (χ1v) is 5.53. The lowest BCUT2D eigenvalue weighted by Gasteiger charge is -2.03. The van der Waals surface area contributed by atoms with Crippen molar-refractivity contribution < 1.29 is 5.11 Å². The Balaban J connectivity index is 2.05. The second-order valence-electron chi connectivity index (χ2n) is 3.85. The third-order valence-electron chi connectivity index (χ3n) is 2.59. The van der Waals surface area contributed by atoms with Gasteiger partial charge in [-0.1, -0.05) is 48.5 Å². The number of hydrogen-bond donors (Lipinski definition) is 1. The normalized spacial score (nSPS) is 10.3. The SMILES string of the molecule is OCCc1ccc(Cc2[c]cccc2)cc1. The molecule has 1 heteroatoms. The maximum atomic E-state index is 8.82. The van der Waals surface area contributed by atoms with Crippen molar-refractivity contribution in [3.8, 4) is 0 Å². The van der Waals surface area contributed by atoms with E-state index in [0.29, 0.717) is 0 Å². The maximum Gasteiger partial charge on any atom is 0.0471 e. The third-order valence-corrected chi connectivity index (χ3v) is 2.59. The van der Waals surface area contributed by atoms with E-state index >= 15 is 0 Å². The average Bonchev–Trinajstić information content (AvgIpc) is 2.33. The standard InChI is InChI=1S/C15H15O/c16-11-10-13-6-8-15(9-7-13)12-14-4-2-1-3-5-14/h1-4,6-9,16H,10-12H2. The predicted molar refractivity (Wildman–Crippen MR) is 65.3 cm³/mol. The van der Waals surface area contributed by atoms with E-state index in [0.717, 1.165) is 12.8 Å². The zero-order valence-corrected chi connectivity index (χ0v) is 9.19. The monoisotopic (exact) mass is 211 g/mol. The molecule has 2 aromatic carbocycles. The highest BCUT2D eigenvalue weighted by atomic mass is 16.2. The van der Waals surface area contributed by atoms with Crippen molar-refractivity contribution in [3.63, 3.8) is 0 Å². The van der Waals surface area contributed by atoms with Crippen LogP contribution in [0.2, 0.25) is 0 Å². The number of aliphatic hydroxyl groups is 1. The van der Waals surface area contributed by atoms with Crippen LogP contribution in [-0.2, 0) is 12.8 Å². The van der Waals surface area contributed by atoms with Crippen LogP contribution in [0.4, 0.5) is 0 Å². The summed E-state index contributed by atoms with van der Waals surface area (Å²) in [5.41, 5.74) is 3.67. The molecule has 0 saturated carbocycles. The lowest BCUT2D eigenvalue weighted by molar-refractivity contribution is 0.299. The van der Waals surface area contributed by atoms with E-state index in [1.807, 2.05) is 18.2 Å². The zero-order valence-electron chi connectivity index (χ0n) is 9.19. The van der Waals surface area contributed by atoms with Crippen molar-refractivity contribution in [2.45, 2.75) is 12.8 Å². The van der Waals surface area contributed by atoms with Crippen molar-refractivity contribution in [3.05, 3.63) is 71.3 Å². The Morgan fingerprint density at radius 1 is 0.938 bits per heavy atom. The fraction of sp³-hybridized carbons (Fsp3) is 0.200. The van der Waals surface area contributed by atoms with E-state index in [1.165, 1.54) is 16.7 Å². The van der Waals surface area contributed by atoms with Crippen LogP contribution in [0.15, 0.2) is 48.5 Å². The van der Waals surface area contributed by atoms with Gasteiger partial charge in [-0.05, 0) is 35.6 Å². The van der Waals surface area contributed by atoms with Crippen molar-refractivity contribution in [1.29, 1.82) is 0 Å². The Labute approximate surface area is 96.4 Å². The van der Waals surface area contributed by atoms with E-state index in [2.05, 4.69) is 36.4 Å². The molecule has 0 unspecified atom stereocenters. The molecule has 0 heterocycles. The molecular weight excluding hydrogens is 196 g/mol. The Kier molecular flexibility index (Phi) is 3.73. The summed E-state index contributed by atoms with van der Waals surface area (Å²) in [6.45, 7) is 0.214. The fourth-order valence-corrected chi connectivity index (χ4v) is 1.71. The number of benzene rings is 2. The summed E-state index contributed by atoms with van der Waals surface area (Å²) in [6.07, 6.45) is 1.65. The van der Waals surface area contributed by atoms with Crippen molar-refractivity contribution >= 4 is 0 Å². The number of hydrogen-bond acceptors (Lipinski definition) is 1. The molecule has 81 valence electrons. The summed E-state index contributed by atoms with van der Waals surface area (Å²) in [7, 11) is 0. The highest BCUT2D eigenvalue weighted by Gasteiger charge is 1.96. The molecular formula is C15H15O. The zero-order chi connectivity index (χ0) is 11.2. The summed E-state index contributed by atoms with van der Waals surface area (Å²) in [5.74, 6) is 0. The van der Waals surface area contributed by atoms with Crippen LogP contribution in [-0.4, -0.2) is 11.7 Å². The van der Waals surface area contributed by atoms with E-state index in [1.54, 1.807) is 0 Å². The molecule has 0 atom stereocenters. The van der Waals surface area contributed by atoms with Gasteiger partial charge in [0.1, 0.15) is 0 Å². The molecule has 1 radical (unpaired) electrons. The molecule has 0 amide bonds. The molecule has 1 N–H and O–H groups in total. The quantitative estimate of drug-likeness (QED) is 0.824. The van der Waals surface area contributed by atoms with Gasteiger partial charge in [0.15, 0.2) is 0 Å². The van der Waals surface area contributed by atoms with Crippen LogP contribution in [0, 0.1) is 6.07 Å². The minimum atomic E-state index is 0.214. The van der Waals surface area contributed by atoms with Gasteiger partial charge in [-0.25, -0.2) is 0 Å². The van der Waals surface area contributed by atoms with Crippen LogP contribution in [0.3, 0.4) is 0 Å². The molecule has 0 fully saturated rings. The van der Waals surface area contributed by atoms with Crippen molar-refractivity contribution in [2.24, 2.45) is 0 Å². The first-order valence-electron chi connectivity index (χ1n) is 5.53. The average molecular weight is 211 g/mol. The molecule has 0 spiro atoms. The molecule has 0 aliphatic heterocycles. The van der Waals surface area contributed by atoms with Crippen LogP contribution >= 0.6 is 0 Å². The summed E-state index contributed by atoms with van der Waals surface area (Å²) in [5, 5.41) is 8.82. The van der Waals surface area contributed by atoms with Gasteiger partial charge in [-0.2, -0.15) is 0 Å². The molecule has 0 aromatic heterocycles. The second kappa shape index (κ2) is 5.47. The lowest BCUT2D eigenvalue weighted by atomic mass is 10.0. The summed E-state index contributed by atoms with van der Waals surface area (Å²) in [4.78, 5) is 0. The van der Waals surface area contributed by atoms with Crippen LogP contribution in [0.1, 0.15) is 16.7 Å². The molecule has 0 aliphatic carbocycles. The Morgan fingerprint density at radius 2 is 1.69 bits per heavy atom. The highest BCUT2D eigenvalue weighted by Crippen LogP contribution is 2.10. The fourth-order valence-electron chi connectivity index (χ4n) is 1.71. The van der Waals surface area contributed by atoms with Crippen LogP contribution < -0.4 is 0 Å². The summed E-state index contributed by atoms with van der Waals surface area (Å²) >= 11 is 0. The topological polar surface area (TPSA) is 20.2 Å². The lowest BCUT2D eigenvalue weighted by Crippen LogP contribution is -1.92. The Bertz CT molecular complexity index is 417. The first-order chi connectivity index (χ1) is 7.88. The molecule has 16 heavy (non-hydrogen) atoms. The first kappa shape index (κ1) is 10.9. The third kappa shape index (κ3) is 2.94. The largest absolute Gasteiger partial charge is 0.396 e. The predicted octanol–water partition coefficient (Wildman–Crippen LogP) is 2.61. The smallest absolute Gasteiger partial charge is 0.0471 e. The molecule has 0 bridgehead atoms. The highest BCUT2D eigenvalue weighted by molar-refractivity contribution is 5.28. The summed E-state index contributed by atoms with van der Waals surface area (Å²) < 4.78 is 0. The van der Waals surface area contributed by atoms with Gasteiger partial charge < -0.3 is 5.11 Å². The number of aliphatic hydroxyl groups excluding tert-OH is 1. The van der Waals surface area contributed by atoms with Gasteiger partial charge in [0, 0.05) is 6.61 Å². The van der Waals surface area contributed by atoms with Crippen LogP contribution in [0.5, 0.6) is 0 Å². The van der Waals surface area contributed by atoms with Gasteiger partial charge in [-0.3, -0.25) is 0 Å². The molecule has 2 aromatic rings. The van der Waals surface area contributed by atoms with Crippen molar-refractivity contribution in [1.82, 2.24) is 0 Å². The second-order valence-corrected chi connectivity index (χ2v) is 3.85. The van der Waals surface area contributed by atoms with E-state index in [9.17, 15) is 0 Å². The Morgan fingerprint density at radius 3 is 2.31 bits per heavy atom. The van der Waals surface area contributed by atoms with E-state index < -0.39 is 0 Å². The molecule has 0 saturated heterocycles. The van der Waals surface area contributed by atoms with Gasteiger partial charge in [0.05, 0.1) is 0 Å². The van der Waals surface area contributed by atoms with Crippen molar-refractivity contribution in [2.75, 3.05) is 6.61 Å². The minimum absolute atomic E-state index is 0.214.